The van der Waals surface area contributed by atoms with Crippen molar-refractivity contribution in [3.63, 3.8) is 0 Å². The molecule has 0 radical (unpaired) electrons. The predicted octanol–water partition coefficient (Wildman–Crippen LogP) is 4.52. The molecule has 0 saturated heterocycles. The summed E-state index contributed by atoms with van der Waals surface area (Å²) in [6.45, 7) is 10.2. The van der Waals surface area contributed by atoms with Gasteiger partial charge in [-0.15, -0.1) is 11.3 Å². The second-order valence-corrected chi connectivity index (χ2v) is 9.03. The van der Waals surface area contributed by atoms with E-state index in [1.54, 1.807) is 4.57 Å². The van der Waals surface area contributed by atoms with Gasteiger partial charge >= 0.3 is 0 Å². The van der Waals surface area contributed by atoms with E-state index in [0.717, 1.165) is 26.5 Å². The largest absolute Gasteiger partial charge is 0.325 e. The van der Waals surface area contributed by atoms with Crippen LogP contribution in [0.2, 0.25) is 0 Å². The number of nitrogens with one attached hydrogen (secondary N) is 1. The van der Waals surface area contributed by atoms with E-state index in [1.165, 1.54) is 23.1 Å². The van der Waals surface area contributed by atoms with E-state index < -0.39 is 0 Å². The average molecular weight is 402 g/mol. The van der Waals surface area contributed by atoms with Gasteiger partial charge in [-0.25, -0.2) is 4.98 Å². The molecular formula is C20H23N3O2S2. The highest BCUT2D eigenvalue weighted by Gasteiger charge is 2.21. The molecule has 1 aromatic carbocycles. The topological polar surface area (TPSA) is 64.0 Å². The maximum atomic E-state index is 12.9. The fraction of sp³-hybridized carbons (Fsp3) is 0.350. The van der Waals surface area contributed by atoms with Gasteiger partial charge in [0.15, 0.2) is 5.16 Å². The van der Waals surface area contributed by atoms with Crippen molar-refractivity contribution in [2.75, 3.05) is 5.32 Å². The number of anilines is 1. The molecule has 0 fully saturated rings. The summed E-state index contributed by atoms with van der Waals surface area (Å²) in [5, 5.41) is 3.82. The van der Waals surface area contributed by atoms with Gasteiger partial charge < -0.3 is 5.32 Å². The lowest BCUT2D eigenvalue weighted by Gasteiger charge is -2.15. The van der Waals surface area contributed by atoms with Crippen molar-refractivity contribution in [2.45, 2.75) is 51.6 Å². The fourth-order valence-electron chi connectivity index (χ4n) is 2.77. The molecule has 2 heterocycles. The molecule has 0 unspecified atom stereocenters. The standard InChI is InChI=1S/C20H23N3O2S2/c1-6-23-19(25)16-12(3)13(4)26-18(16)22-20(23)27-14(5)17(24)21-15-9-7-11(2)8-10-15/h7-10,14H,6H2,1-5H3,(H,21,24)/t14-/m0/s1. The number of fused-ring (bicyclic) bond motifs is 1. The molecule has 0 aliphatic rings. The van der Waals surface area contributed by atoms with Crippen LogP contribution >= 0.6 is 23.1 Å². The van der Waals surface area contributed by atoms with Crippen LogP contribution in [0.25, 0.3) is 10.2 Å². The van der Waals surface area contributed by atoms with Gasteiger partial charge in [-0.1, -0.05) is 29.5 Å². The molecule has 2 aromatic heterocycles. The van der Waals surface area contributed by atoms with Crippen LogP contribution in [0.5, 0.6) is 0 Å². The Morgan fingerprint density at radius 2 is 1.93 bits per heavy atom. The minimum atomic E-state index is -0.379. The van der Waals surface area contributed by atoms with Crippen molar-refractivity contribution >= 4 is 44.9 Å². The normalized spacial score (nSPS) is 12.3. The Labute approximate surface area is 166 Å². The third kappa shape index (κ3) is 3.94. The van der Waals surface area contributed by atoms with E-state index in [2.05, 4.69) is 5.32 Å². The van der Waals surface area contributed by atoms with Crippen molar-refractivity contribution in [3.05, 3.63) is 50.6 Å². The number of rotatable bonds is 5. The summed E-state index contributed by atoms with van der Waals surface area (Å²) >= 11 is 2.84. The van der Waals surface area contributed by atoms with Gasteiger partial charge in [-0.05, 0) is 52.3 Å². The van der Waals surface area contributed by atoms with E-state index in [0.29, 0.717) is 17.1 Å². The summed E-state index contributed by atoms with van der Waals surface area (Å²) in [5.74, 6) is -0.112. The molecule has 0 aliphatic heterocycles. The fourth-order valence-corrected chi connectivity index (χ4v) is 4.81. The minimum absolute atomic E-state index is 0.0296. The highest BCUT2D eigenvalue weighted by atomic mass is 32.2. The van der Waals surface area contributed by atoms with Crippen LogP contribution in [0.1, 0.15) is 29.9 Å². The Bertz CT molecular complexity index is 1050. The average Bonchev–Trinajstić information content (AvgIpc) is 2.91. The number of carbonyl (C=O) groups excluding carboxylic acids is 1. The van der Waals surface area contributed by atoms with Crippen LogP contribution in [-0.4, -0.2) is 20.7 Å². The lowest BCUT2D eigenvalue weighted by atomic mass is 10.2. The molecular weight excluding hydrogens is 378 g/mol. The van der Waals surface area contributed by atoms with Crippen LogP contribution in [0, 0.1) is 20.8 Å². The first-order valence-corrected chi connectivity index (χ1v) is 10.6. The Morgan fingerprint density at radius 1 is 1.26 bits per heavy atom. The number of thioether (sulfide) groups is 1. The number of nitrogens with zero attached hydrogens (tertiary/aromatic N) is 2. The molecule has 0 bridgehead atoms. The van der Waals surface area contributed by atoms with Gasteiger partial charge in [-0.3, -0.25) is 14.2 Å². The number of aryl methyl sites for hydroxylation is 3. The third-order valence-corrected chi connectivity index (χ3v) is 6.73. The van der Waals surface area contributed by atoms with Crippen LogP contribution in [0.4, 0.5) is 5.69 Å². The van der Waals surface area contributed by atoms with Gasteiger partial charge in [0.2, 0.25) is 5.91 Å². The monoisotopic (exact) mass is 401 g/mol. The van der Waals surface area contributed by atoms with E-state index in [-0.39, 0.29) is 16.7 Å². The van der Waals surface area contributed by atoms with Gasteiger partial charge in [0.05, 0.1) is 10.6 Å². The van der Waals surface area contributed by atoms with E-state index in [4.69, 9.17) is 4.98 Å². The van der Waals surface area contributed by atoms with Crippen LogP contribution in [-0.2, 0) is 11.3 Å². The summed E-state index contributed by atoms with van der Waals surface area (Å²) in [5.41, 5.74) is 2.87. The molecule has 5 nitrogen and oxygen atoms in total. The van der Waals surface area contributed by atoms with Crippen molar-refractivity contribution in [3.8, 4) is 0 Å². The summed E-state index contributed by atoms with van der Waals surface area (Å²) in [6.07, 6.45) is 0. The first kappa shape index (κ1) is 19.6. The molecule has 3 aromatic rings. The molecule has 1 N–H and O–H groups in total. The first-order chi connectivity index (χ1) is 12.8. The number of benzene rings is 1. The number of carbonyl (C=O) groups is 1. The highest BCUT2D eigenvalue weighted by molar-refractivity contribution is 8.00. The van der Waals surface area contributed by atoms with Gasteiger partial charge in [0.25, 0.3) is 5.56 Å². The maximum Gasteiger partial charge on any atom is 0.263 e. The number of thiophene rings is 1. The Morgan fingerprint density at radius 3 is 2.56 bits per heavy atom. The number of amides is 1. The van der Waals surface area contributed by atoms with Gasteiger partial charge in [-0.2, -0.15) is 0 Å². The summed E-state index contributed by atoms with van der Waals surface area (Å²) in [6, 6.07) is 7.68. The van der Waals surface area contributed by atoms with Crippen molar-refractivity contribution in [1.29, 1.82) is 0 Å². The predicted molar refractivity (Wildman–Crippen MR) is 114 cm³/mol. The zero-order valence-corrected chi connectivity index (χ0v) is 17.8. The molecule has 27 heavy (non-hydrogen) atoms. The lowest BCUT2D eigenvalue weighted by Crippen LogP contribution is -2.26. The highest BCUT2D eigenvalue weighted by Crippen LogP contribution is 2.29. The van der Waals surface area contributed by atoms with Crippen LogP contribution in [0.15, 0.2) is 34.2 Å². The molecule has 3 rings (SSSR count). The lowest BCUT2D eigenvalue weighted by molar-refractivity contribution is -0.115. The molecule has 142 valence electrons. The maximum absolute atomic E-state index is 12.9. The molecule has 7 heteroatoms. The minimum Gasteiger partial charge on any atom is -0.325 e. The molecule has 0 saturated carbocycles. The van der Waals surface area contributed by atoms with Gasteiger partial charge in [0, 0.05) is 17.1 Å². The van der Waals surface area contributed by atoms with Gasteiger partial charge in [0.1, 0.15) is 4.83 Å². The zero-order valence-electron chi connectivity index (χ0n) is 16.1. The second kappa shape index (κ2) is 7.86. The zero-order chi connectivity index (χ0) is 19.7. The van der Waals surface area contributed by atoms with Crippen molar-refractivity contribution < 1.29 is 4.79 Å². The SMILES string of the molecule is CCn1c(S[C@@H](C)C(=O)Nc2ccc(C)cc2)nc2sc(C)c(C)c2c1=O. The van der Waals surface area contributed by atoms with E-state index in [9.17, 15) is 9.59 Å². The van der Waals surface area contributed by atoms with Crippen LogP contribution in [0.3, 0.4) is 0 Å². The van der Waals surface area contributed by atoms with Crippen molar-refractivity contribution in [2.24, 2.45) is 0 Å². The van der Waals surface area contributed by atoms with Crippen molar-refractivity contribution in [1.82, 2.24) is 9.55 Å². The number of hydrogen-bond acceptors (Lipinski definition) is 5. The first-order valence-electron chi connectivity index (χ1n) is 8.86. The molecule has 0 aliphatic carbocycles. The second-order valence-electron chi connectivity index (χ2n) is 6.52. The summed E-state index contributed by atoms with van der Waals surface area (Å²) in [4.78, 5) is 32.0. The van der Waals surface area contributed by atoms with E-state index >= 15 is 0 Å². The number of aromatic nitrogens is 2. The Kier molecular flexibility index (Phi) is 5.72. The molecule has 1 atom stereocenters. The van der Waals surface area contributed by atoms with E-state index in [1.807, 2.05) is 58.9 Å². The third-order valence-electron chi connectivity index (χ3n) is 4.54. The Hall–Kier alpha value is -2.12. The summed E-state index contributed by atoms with van der Waals surface area (Å²) < 4.78 is 1.65. The Balaban J connectivity index is 1.87. The summed E-state index contributed by atoms with van der Waals surface area (Å²) in [7, 11) is 0. The quantitative estimate of drug-likeness (QED) is 0.504. The molecule has 1 amide bonds. The smallest absolute Gasteiger partial charge is 0.263 e. The number of hydrogen-bond donors (Lipinski definition) is 1. The molecule has 0 spiro atoms. The van der Waals surface area contributed by atoms with Crippen LogP contribution < -0.4 is 10.9 Å².